The molecule has 2 rings (SSSR count). The molecule has 0 aliphatic rings. The Morgan fingerprint density at radius 1 is 1.07 bits per heavy atom. The third kappa shape index (κ3) is 5.09. The van der Waals surface area contributed by atoms with Gasteiger partial charge in [-0.2, -0.15) is 0 Å². The number of carbonyl (C=O) groups excluding carboxylic acids is 3. The van der Waals surface area contributed by atoms with Gasteiger partial charge in [-0.15, -0.1) is 0 Å². The lowest BCUT2D eigenvalue weighted by atomic mass is 10.1. The lowest BCUT2D eigenvalue weighted by molar-refractivity contribution is -0.117. The van der Waals surface area contributed by atoms with Crippen molar-refractivity contribution in [3.05, 3.63) is 53.6 Å². The smallest absolute Gasteiger partial charge is 0.339 e. The van der Waals surface area contributed by atoms with Crippen LogP contribution in [0.5, 0.6) is 5.75 Å². The first-order valence-corrected chi connectivity index (χ1v) is 8.77. The highest BCUT2D eigenvalue weighted by molar-refractivity contribution is 6.01. The van der Waals surface area contributed by atoms with Gasteiger partial charge < -0.3 is 19.7 Å². The molecule has 0 unspecified atom stereocenters. The number of nitrogens with one attached hydrogen (secondary N) is 1. The summed E-state index contributed by atoms with van der Waals surface area (Å²) in [7, 11) is 2.81. The van der Waals surface area contributed by atoms with Gasteiger partial charge in [-0.3, -0.25) is 9.59 Å². The van der Waals surface area contributed by atoms with Crippen LogP contribution in [0.2, 0.25) is 0 Å². The Labute approximate surface area is 164 Å². The van der Waals surface area contributed by atoms with Crippen molar-refractivity contribution in [1.29, 1.82) is 0 Å². The van der Waals surface area contributed by atoms with Crippen molar-refractivity contribution in [1.82, 2.24) is 0 Å². The molecule has 2 amide bonds. The van der Waals surface area contributed by atoms with Crippen molar-refractivity contribution in [3.8, 4) is 5.75 Å². The molecule has 1 N–H and O–H groups in total. The maximum atomic E-state index is 12.4. The minimum absolute atomic E-state index is 0.0478. The number of ether oxygens (including phenoxy) is 2. The van der Waals surface area contributed by atoms with Gasteiger partial charge in [-0.25, -0.2) is 4.79 Å². The summed E-state index contributed by atoms with van der Waals surface area (Å²) in [5.41, 5.74) is 2.21. The van der Waals surface area contributed by atoms with Gasteiger partial charge in [0.25, 0.3) is 0 Å². The van der Waals surface area contributed by atoms with E-state index in [2.05, 4.69) is 5.32 Å². The lowest BCUT2D eigenvalue weighted by Crippen LogP contribution is -2.32. The highest BCUT2D eigenvalue weighted by atomic mass is 16.5. The van der Waals surface area contributed by atoms with Crippen molar-refractivity contribution in [2.24, 2.45) is 0 Å². The summed E-state index contributed by atoms with van der Waals surface area (Å²) >= 11 is 0. The van der Waals surface area contributed by atoms with E-state index >= 15 is 0 Å². The van der Waals surface area contributed by atoms with Gasteiger partial charge in [0.05, 0.1) is 31.2 Å². The van der Waals surface area contributed by atoms with Crippen LogP contribution < -0.4 is 15.0 Å². The average molecular weight is 384 g/mol. The van der Waals surface area contributed by atoms with Crippen LogP contribution >= 0.6 is 0 Å². The molecule has 0 aliphatic heterocycles. The summed E-state index contributed by atoms with van der Waals surface area (Å²) in [6.45, 7) is 3.52. The van der Waals surface area contributed by atoms with Crippen molar-refractivity contribution in [3.63, 3.8) is 0 Å². The van der Waals surface area contributed by atoms with Gasteiger partial charge in [0.2, 0.25) is 11.8 Å². The molecular weight excluding hydrogens is 360 g/mol. The van der Waals surface area contributed by atoms with E-state index in [1.807, 2.05) is 19.1 Å². The van der Waals surface area contributed by atoms with Crippen molar-refractivity contribution in [2.75, 3.05) is 31.0 Å². The number of hydrogen-bond donors (Lipinski definition) is 1. The zero-order chi connectivity index (χ0) is 20.7. The maximum absolute atomic E-state index is 12.4. The number of methoxy groups -OCH3 is 2. The van der Waals surface area contributed by atoms with E-state index in [0.29, 0.717) is 17.1 Å². The van der Waals surface area contributed by atoms with Crippen molar-refractivity contribution < 1.29 is 23.9 Å². The molecule has 2 aromatic rings. The topological polar surface area (TPSA) is 84.9 Å². The Hall–Kier alpha value is -3.35. The summed E-state index contributed by atoms with van der Waals surface area (Å²) in [4.78, 5) is 37.9. The van der Waals surface area contributed by atoms with Gasteiger partial charge in [-0.05, 0) is 36.8 Å². The molecule has 0 atom stereocenters. The quantitative estimate of drug-likeness (QED) is 0.741. The van der Waals surface area contributed by atoms with Crippen LogP contribution in [0.25, 0.3) is 0 Å². The van der Waals surface area contributed by atoms with Crippen LogP contribution in [-0.2, 0) is 14.3 Å². The van der Waals surface area contributed by atoms with Crippen molar-refractivity contribution >= 4 is 29.2 Å². The fourth-order valence-electron chi connectivity index (χ4n) is 2.76. The summed E-state index contributed by atoms with van der Waals surface area (Å²) < 4.78 is 10.1. The van der Waals surface area contributed by atoms with Gasteiger partial charge in [-0.1, -0.05) is 18.2 Å². The Morgan fingerprint density at radius 2 is 1.79 bits per heavy atom. The van der Waals surface area contributed by atoms with Crippen LogP contribution in [0.15, 0.2) is 42.5 Å². The Bertz CT molecular complexity index is 879. The number of rotatable bonds is 7. The molecule has 0 bridgehead atoms. The predicted molar refractivity (Wildman–Crippen MR) is 107 cm³/mol. The fourth-order valence-corrected chi connectivity index (χ4v) is 2.76. The molecule has 0 aromatic heterocycles. The highest BCUT2D eigenvalue weighted by Gasteiger charge is 2.19. The number of benzene rings is 2. The molecule has 0 saturated carbocycles. The van der Waals surface area contributed by atoms with Gasteiger partial charge in [0.15, 0.2) is 0 Å². The number of carbonyl (C=O) groups is 3. The SMILES string of the molecule is COC(=O)c1ccccc1NC(=O)CCN(C(C)=O)c1cc(C)ccc1OC. The summed E-state index contributed by atoms with van der Waals surface area (Å²) in [5, 5.41) is 2.70. The molecule has 7 heteroatoms. The number of aryl methyl sites for hydroxylation is 1. The van der Waals surface area contributed by atoms with Crippen LogP contribution in [-0.4, -0.2) is 38.5 Å². The number of nitrogens with zero attached hydrogens (tertiary/aromatic N) is 1. The number of esters is 1. The van der Waals surface area contributed by atoms with E-state index in [1.165, 1.54) is 26.0 Å². The molecule has 0 fully saturated rings. The van der Waals surface area contributed by atoms with Gasteiger partial charge in [0.1, 0.15) is 5.75 Å². The summed E-state index contributed by atoms with van der Waals surface area (Å²) in [6, 6.07) is 12.1. The first-order valence-electron chi connectivity index (χ1n) is 8.77. The van der Waals surface area contributed by atoms with E-state index in [9.17, 15) is 14.4 Å². The number of amides is 2. The Kier molecular flexibility index (Phi) is 7.14. The van der Waals surface area contributed by atoms with E-state index in [0.717, 1.165) is 5.56 Å². The maximum Gasteiger partial charge on any atom is 0.339 e. The van der Waals surface area contributed by atoms with Gasteiger partial charge in [0, 0.05) is 19.9 Å². The molecule has 0 heterocycles. The Balaban J connectivity index is 2.13. The third-order valence-electron chi connectivity index (χ3n) is 4.17. The molecule has 7 nitrogen and oxygen atoms in total. The molecule has 0 aliphatic carbocycles. The first-order chi connectivity index (χ1) is 13.4. The van der Waals surface area contributed by atoms with Crippen LogP contribution in [0.4, 0.5) is 11.4 Å². The van der Waals surface area contributed by atoms with Gasteiger partial charge >= 0.3 is 5.97 Å². The van der Waals surface area contributed by atoms with Crippen LogP contribution in [0, 0.1) is 6.92 Å². The predicted octanol–water partition coefficient (Wildman–Crippen LogP) is 3.17. The minimum atomic E-state index is -0.536. The Morgan fingerprint density at radius 3 is 2.43 bits per heavy atom. The van der Waals surface area contributed by atoms with E-state index in [-0.39, 0.29) is 30.3 Å². The average Bonchev–Trinajstić information content (AvgIpc) is 2.68. The van der Waals surface area contributed by atoms with E-state index < -0.39 is 5.97 Å². The molecular formula is C21H24N2O5. The number of para-hydroxylation sites is 1. The molecule has 0 saturated heterocycles. The zero-order valence-corrected chi connectivity index (χ0v) is 16.4. The molecule has 148 valence electrons. The standard InChI is InChI=1S/C21H24N2O5/c1-14-9-10-19(27-3)18(13-14)23(15(2)24)12-11-20(25)22-17-8-6-5-7-16(17)21(26)28-4/h5-10,13H,11-12H2,1-4H3,(H,22,25). The monoisotopic (exact) mass is 384 g/mol. The molecule has 28 heavy (non-hydrogen) atoms. The first kappa shape index (κ1) is 21.0. The van der Waals surface area contributed by atoms with Crippen molar-refractivity contribution in [2.45, 2.75) is 20.3 Å². The second-order valence-electron chi connectivity index (χ2n) is 6.18. The second-order valence-corrected chi connectivity index (χ2v) is 6.18. The normalized spacial score (nSPS) is 10.1. The molecule has 2 aromatic carbocycles. The number of hydrogen-bond acceptors (Lipinski definition) is 5. The van der Waals surface area contributed by atoms with E-state index in [4.69, 9.17) is 9.47 Å². The summed E-state index contributed by atoms with van der Waals surface area (Å²) in [5.74, 6) is -0.510. The lowest BCUT2D eigenvalue weighted by Gasteiger charge is -2.23. The molecule has 0 radical (unpaired) electrons. The van der Waals surface area contributed by atoms with Crippen LogP contribution in [0.3, 0.4) is 0 Å². The zero-order valence-electron chi connectivity index (χ0n) is 16.4. The third-order valence-corrected chi connectivity index (χ3v) is 4.17. The fraction of sp³-hybridized carbons (Fsp3) is 0.286. The van der Waals surface area contributed by atoms with E-state index in [1.54, 1.807) is 30.3 Å². The second kappa shape index (κ2) is 9.55. The number of anilines is 2. The highest BCUT2D eigenvalue weighted by Crippen LogP contribution is 2.29. The van der Waals surface area contributed by atoms with Crippen LogP contribution in [0.1, 0.15) is 29.3 Å². The molecule has 0 spiro atoms. The minimum Gasteiger partial charge on any atom is -0.495 e. The summed E-state index contributed by atoms with van der Waals surface area (Å²) in [6.07, 6.45) is 0.0478. The largest absolute Gasteiger partial charge is 0.495 e.